The van der Waals surface area contributed by atoms with Crippen LogP contribution in [-0.2, 0) is 30.4 Å². The van der Waals surface area contributed by atoms with Crippen LogP contribution in [-0.4, -0.2) is 81.6 Å². The molecular weight excluding hydrogens is 542 g/mol. The summed E-state index contributed by atoms with van der Waals surface area (Å²) < 4.78 is 5.12. The summed E-state index contributed by atoms with van der Waals surface area (Å²) in [5.74, 6) is -3.29. The number of phenolic OH excluding ortho intramolecular Hbond substituents is 1. The largest absolute Gasteiger partial charge is 0.504 e. The van der Waals surface area contributed by atoms with Crippen molar-refractivity contribution in [2.24, 2.45) is 5.73 Å². The number of amides is 2. The monoisotopic (exact) mass is 583 g/mol. The Labute approximate surface area is 238 Å². The smallest absolute Gasteiger partial charge is 0.322 e. The van der Waals surface area contributed by atoms with Crippen molar-refractivity contribution in [3.05, 3.63) is 23.8 Å². The first-order valence-corrected chi connectivity index (χ1v) is 14.3. The van der Waals surface area contributed by atoms with Crippen LogP contribution in [0.3, 0.4) is 0 Å². The number of carbonyl (C=O) groups is 5. The van der Waals surface area contributed by atoms with Crippen molar-refractivity contribution in [3.63, 3.8) is 0 Å². The maximum atomic E-state index is 12.9. The van der Waals surface area contributed by atoms with Crippen molar-refractivity contribution in [3.8, 4) is 11.5 Å². The first kappa shape index (κ1) is 34.7. The van der Waals surface area contributed by atoms with E-state index in [9.17, 15) is 29.1 Å². The van der Waals surface area contributed by atoms with E-state index < -0.39 is 42.4 Å². The van der Waals surface area contributed by atoms with Gasteiger partial charge in [-0.1, -0.05) is 32.3 Å². The van der Waals surface area contributed by atoms with Crippen LogP contribution < -0.4 is 21.1 Å². The lowest BCUT2D eigenvalue weighted by molar-refractivity contribution is -0.139. The molecule has 1 aromatic rings. The van der Waals surface area contributed by atoms with Crippen LogP contribution in [0.25, 0.3) is 0 Å². The summed E-state index contributed by atoms with van der Waals surface area (Å²) in [5, 5.41) is 32.2. The minimum absolute atomic E-state index is 0.0173. The van der Waals surface area contributed by atoms with Gasteiger partial charge in [0.2, 0.25) is 11.8 Å². The normalized spacial score (nSPS) is 13.1. The molecule has 0 saturated carbocycles. The van der Waals surface area contributed by atoms with Crippen molar-refractivity contribution in [1.29, 1.82) is 0 Å². The number of nitrogens with two attached hydrogens (primary N) is 1. The third-order valence-electron chi connectivity index (χ3n) is 6.09. The fraction of sp³-hybridized carbons (Fsp3) is 0.593. The summed E-state index contributed by atoms with van der Waals surface area (Å²) in [6.45, 7) is 1.44. The molecule has 0 saturated heterocycles. The van der Waals surface area contributed by atoms with E-state index in [1.165, 1.54) is 24.9 Å². The number of aliphatic carboxylic acids is 2. The molecular formula is C27H41N3O9S. The van der Waals surface area contributed by atoms with Crippen molar-refractivity contribution >= 4 is 41.3 Å². The first-order chi connectivity index (χ1) is 19.0. The summed E-state index contributed by atoms with van der Waals surface area (Å²) in [6.07, 6.45) is 4.23. The van der Waals surface area contributed by atoms with E-state index >= 15 is 0 Å². The zero-order valence-electron chi connectivity index (χ0n) is 23.0. The highest BCUT2D eigenvalue weighted by Gasteiger charge is 2.25. The first-order valence-electron chi connectivity index (χ1n) is 13.2. The summed E-state index contributed by atoms with van der Waals surface area (Å²) >= 11 is 1.36. The lowest BCUT2D eigenvalue weighted by atomic mass is 10.0. The van der Waals surface area contributed by atoms with Gasteiger partial charge in [0.15, 0.2) is 11.5 Å². The molecule has 0 aliphatic carbocycles. The molecule has 0 spiro atoms. The highest BCUT2D eigenvalue weighted by Crippen LogP contribution is 2.27. The van der Waals surface area contributed by atoms with Crippen LogP contribution in [0.15, 0.2) is 18.2 Å². The van der Waals surface area contributed by atoms with Gasteiger partial charge in [-0.05, 0) is 37.0 Å². The molecule has 0 heterocycles. The molecule has 13 heteroatoms. The average Bonchev–Trinajstić information content (AvgIpc) is 2.91. The van der Waals surface area contributed by atoms with Crippen LogP contribution in [0.1, 0.15) is 63.9 Å². The number of hydrogen-bond donors (Lipinski definition) is 6. The van der Waals surface area contributed by atoms with E-state index in [-0.39, 0.29) is 48.2 Å². The molecule has 3 atom stereocenters. The van der Waals surface area contributed by atoms with E-state index in [4.69, 9.17) is 20.7 Å². The number of phenols is 1. The fourth-order valence-electron chi connectivity index (χ4n) is 3.76. The highest BCUT2D eigenvalue weighted by atomic mass is 32.2. The minimum Gasteiger partial charge on any atom is -0.504 e. The van der Waals surface area contributed by atoms with Crippen LogP contribution in [0.2, 0.25) is 0 Å². The van der Waals surface area contributed by atoms with Crippen LogP contribution in [0, 0.1) is 0 Å². The molecule has 0 aliphatic rings. The Morgan fingerprint density at radius 2 is 1.80 bits per heavy atom. The average molecular weight is 584 g/mol. The predicted octanol–water partition coefficient (Wildman–Crippen LogP) is 1.85. The number of Topliss-reactive ketones (excluding diaryl/α,β-unsaturated/α-hetero) is 1. The van der Waals surface area contributed by atoms with Gasteiger partial charge in [-0.2, -0.15) is 11.8 Å². The van der Waals surface area contributed by atoms with Crippen LogP contribution >= 0.6 is 11.8 Å². The lowest BCUT2D eigenvalue weighted by Gasteiger charge is -2.22. The number of ether oxygens (including phenoxy) is 1. The van der Waals surface area contributed by atoms with E-state index in [0.717, 1.165) is 31.2 Å². The SMILES string of the molecule is CCCCCC(CC(=O)CCc1ccc(O)c(OC)c1)SCC(NC(=O)CCC(N)C(=O)O)C(=O)NCC(=O)O. The predicted molar refractivity (Wildman–Crippen MR) is 150 cm³/mol. The minimum atomic E-state index is -1.25. The molecule has 1 rings (SSSR count). The van der Waals surface area contributed by atoms with Gasteiger partial charge in [0.1, 0.15) is 24.4 Å². The molecule has 2 amide bonds. The highest BCUT2D eigenvalue weighted by molar-refractivity contribution is 8.00. The number of methoxy groups -OCH3 is 1. The number of aryl methyl sites for hydroxylation is 1. The Morgan fingerprint density at radius 1 is 1.07 bits per heavy atom. The van der Waals surface area contributed by atoms with E-state index in [0.29, 0.717) is 12.2 Å². The summed E-state index contributed by atoms with van der Waals surface area (Å²) in [7, 11) is 1.45. The van der Waals surface area contributed by atoms with E-state index in [2.05, 4.69) is 17.6 Å². The maximum Gasteiger partial charge on any atom is 0.322 e. The number of aromatic hydroxyl groups is 1. The van der Waals surface area contributed by atoms with Gasteiger partial charge in [-0.3, -0.25) is 24.0 Å². The van der Waals surface area contributed by atoms with Gasteiger partial charge in [0.05, 0.1) is 7.11 Å². The Balaban J connectivity index is 2.83. The molecule has 0 aromatic heterocycles. The number of hydrogen-bond acceptors (Lipinski definition) is 9. The topological polar surface area (TPSA) is 205 Å². The summed E-state index contributed by atoms with van der Waals surface area (Å²) in [6, 6.07) is 2.62. The van der Waals surface area contributed by atoms with Gasteiger partial charge in [0.25, 0.3) is 0 Å². The molecule has 1 aromatic carbocycles. The van der Waals surface area contributed by atoms with Crippen molar-refractivity contribution in [2.45, 2.75) is 82.0 Å². The third kappa shape index (κ3) is 14.2. The number of unbranched alkanes of at least 4 members (excludes halogenated alkanes) is 2. The second kappa shape index (κ2) is 18.9. The molecule has 0 bridgehead atoms. The lowest BCUT2D eigenvalue weighted by Crippen LogP contribution is -2.49. The number of carboxylic acids is 2. The second-order valence-electron chi connectivity index (χ2n) is 9.42. The number of carbonyl (C=O) groups excluding carboxylic acids is 3. The molecule has 12 nitrogen and oxygen atoms in total. The molecule has 0 aliphatic heterocycles. The van der Waals surface area contributed by atoms with Crippen molar-refractivity contribution in [1.82, 2.24) is 10.6 Å². The van der Waals surface area contributed by atoms with Crippen LogP contribution in [0.5, 0.6) is 11.5 Å². The van der Waals surface area contributed by atoms with E-state index in [1.54, 1.807) is 12.1 Å². The number of carboxylic acid groups (broad SMARTS) is 2. The Morgan fingerprint density at radius 3 is 2.42 bits per heavy atom. The number of benzene rings is 1. The standard InChI is InChI=1S/C27H41N3O9S/c1-3-4-5-6-19(14-18(31)9-7-17-8-11-22(32)23(13-17)39-2)40-16-21(26(36)29-15-25(34)35)30-24(33)12-10-20(28)27(37)38/h8,11,13,19-21,32H,3-7,9-10,12,14-16,28H2,1-2H3,(H,29,36)(H,30,33)(H,34,35)(H,37,38). The molecule has 40 heavy (non-hydrogen) atoms. The Kier molecular flexibility index (Phi) is 16.4. The number of rotatable bonds is 21. The molecule has 224 valence electrons. The second-order valence-corrected chi connectivity index (χ2v) is 10.7. The van der Waals surface area contributed by atoms with Gasteiger partial charge >= 0.3 is 11.9 Å². The molecule has 0 radical (unpaired) electrons. The molecule has 7 N–H and O–H groups in total. The zero-order chi connectivity index (χ0) is 30.1. The number of ketones is 1. The summed E-state index contributed by atoms with van der Waals surface area (Å²) in [4.78, 5) is 59.7. The van der Waals surface area contributed by atoms with Gasteiger partial charge < -0.3 is 36.4 Å². The third-order valence-corrected chi connectivity index (χ3v) is 7.48. The molecule has 3 unspecified atom stereocenters. The van der Waals surface area contributed by atoms with Crippen LogP contribution in [0.4, 0.5) is 0 Å². The number of thioether (sulfide) groups is 1. The van der Waals surface area contributed by atoms with Crippen molar-refractivity contribution < 1.29 is 44.0 Å². The fourth-order valence-corrected chi connectivity index (χ4v) is 5.10. The summed E-state index contributed by atoms with van der Waals surface area (Å²) in [5.41, 5.74) is 6.29. The van der Waals surface area contributed by atoms with Gasteiger partial charge in [-0.25, -0.2) is 0 Å². The van der Waals surface area contributed by atoms with Crippen molar-refractivity contribution in [2.75, 3.05) is 19.4 Å². The number of nitrogens with one attached hydrogen (secondary N) is 2. The zero-order valence-corrected chi connectivity index (χ0v) is 23.8. The van der Waals surface area contributed by atoms with E-state index in [1.807, 2.05) is 0 Å². The Bertz CT molecular complexity index is 1010. The van der Waals surface area contributed by atoms with Gasteiger partial charge in [0, 0.05) is 30.3 Å². The Hall–Kier alpha value is -3.32. The quantitative estimate of drug-likeness (QED) is 0.115. The maximum absolute atomic E-state index is 12.9. The molecule has 0 fully saturated rings. The van der Waals surface area contributed by atoms with Gasteiger partial charge in [-0.15, -0.1) is 0 Å².